The molecule has 1 amide bonds. The van der Waals surface area contributed by atoms with Crippen LogP contribution in [0, 0.1) is 0 Å². The average molecular weight is 310 g/mol. The number of hydrogen-bond acceptors (Lipinski definition) is 3. The molecule has 2 aromatic carbocycles. The topological polar surface area (TPSA) is 41.6 Å². The summed E-state index contributed by atoms with van der Waals surface area (Å²) in [5.41, 5.74) is 3.24. The molecule has 120 valence electrons. The van der Waals surface area contributed by atoms with E-state index in [0.717, 1.165) is 24.4 Å². The Hall–Kier alpha value is -2.49. The molecule has 1 aliphatic rings. The van der Waals surface area contributed by atoms with Gasteiger partial charge in [-0.15, -0.1) is 0 Å². The van der Waals surface area contributed by atoms with E-state index in [1.165, 1.54) is 11.3 Å². The van der Waals surface area contributed by atoms with Gasteiger partial charge in [0, 0.05) is 24.0 Å². The van der Waals surface area contributed by atoms with Crippen LogP contribution >= 0.6 is 0 Å². The Morgan fingerprint density at radius 1 is 1.22 bits per heavy atom. The van der Waals surface area contributed by atoms with Crippen molar-refractivity contribution in [1.82, 2.24) is 0 Å². The van der Waals surface area contributed by atoms with Crippen LogP contribution in [-0.2, 0) is 11.2 Å². The van der Waals surface area contributed by atoms with Crippen LogP contribution in [-0.4, -0.2) is 25.1 Å². The van der Waals surface area contributed by atoms with Crippen LogP contribution in [0.2, 0.25) is 0 Å². The molecule has 0 saturated carbocycles. The van der Waals surface area contributed by atoms with Crippen LogP contribution in [0.1, 0.15) is 19.4 Å². The molecule has 4 heteroatoms. The summed E-state index contributed by atoms with van der Waals surface area (Å²) in [4.78, 5) is 14.4. The zero-order valence-corrected chi connectivity index (χ0v) is 13.6. The summed E-state index contributed by atoms with van der Waals surface area (Å²) < 4.78 is 5.65. The summed E-state index contributed by atoms with van der Waals surface area (Å²) in [5, 5.41) is 2.95. The molecule has 0 fully saturated rings. The maximum absolute atomic E-state index is 12.3. The van der Waals surface area contributed by atoms with Gasteiger partial charge in [0.1, 0.15) is 5.75 Å². The smallest absolute Gasteiger partial charge is 0.243 e. The van der Waals surface area contributed by atoms with Gasteiger partial charge < -0.3 is 15.0 Å². The first-order chi connectivity index (χ1) is 11.1. The van der Waals surface area contributed by atoms with Crippen molar-refractivity contribution in [2.75, 3.05) is 23.3 Å². The number of nitrogens with one attached hydrogen (secondary N) is 1. The number of amides is 1. The van der Waals surface area contributed by atoms with Gasteiger partial charge in [-0.25, -0.2) is 0 Å². The molecule has 2 aromatic rings. The maximum Gasteiger partial charge on any atom is 0.243 e. The minimum atomic E-state index is -0.0107. The normalized spacial score (nSPS) is 13.1. The summed E-state index contributed by atoms with van der Waals surface area (Å²) in [6, 6.07) is 15.8. The van der Waals surface area contributed by atoms with Crippen molar-refractivity contribution < 1.29 is 9.53 Å². The zero-order valence-electron chi connectivity index (χ0n) is 13.6. The molecule has 0 aromatic heterocycles. The number of benzene rings is 2. The van der Waals surface area contributed by atoms with Gasteiger partial charge >= 0.3 is 0 Å². The number of hydrogen-bond donors (Lipinski definition) is 1. The number of ether oxygens (including phenoxy) is 1. The summed E-state index contributed by atoms with van der Waals surface area (Å²) >= 11 is 0. The van der Waals surface area contributed by atoms with E-state index in [9.17, 15) is 4.79 Å². The fraction of sp³-hybridized carbons (Fsp3) is 0.316. The van der Waals surface area contributed by atoms with Crippen molar-refractivity contribution in [2.45, 2.75) is 26.4 Å². The van der Waals surface area contributed by atoms with Crippen molar-refractivity contribution >= 4 is 17.3 Å². The second-order valence-corrected chi connectivity index (χ2v) is 6.04. The molecule has 0 saturated heterocycles. The number of fused-ring (bicyclic) bond motifs is 1. The Morgan fingerprint density at radius 2 is 2.04 bits per heavy atom. The summed E-state index contributed by atoms with van der Waals surface area (Å²) in [5.74, 6) is 0.757. The molecule has 0 aliphatic carbocycles. The molecular weight excluding hydrogens is 288 g/mol. The number of carbonyl (C=O) groups is 1. The van der Waals surface area contributed by atoms with E-state index >= 15 is 0 Å². The summed E-state index contributed by atoms with van der Waals surface area (Å²) in [7, 11) is 0. The third kappa shape index (κ3) is 3.83. The lowest BCUT2D eigenvalue weighted by molar-refractivity contribution is -0.115. The maximum atomic E-state index is 12.3. The number of anilines is 2. The third-order valence-corrected chi connectivity index (χ3v) is 3.81. The average Bonchev–Trinajstić information content (AvgIpc) is 2.90. The minimum absolute atomic E-state index is 0.0107. The molecule has 0 radical (unpaired) electrons. The lowest BCUT2D eigenvalue weighted by Gasteiger charge is -2.19. The molecule has 3 rings (SSSR count). The predicted molar refractivity (Wildman–Crippen MR) is 93.2 cm³/mol. The Kier molecular flexibility index (Phi) is 4.51. The van der Waals surface area contributed by atoms with E-state index in [0.29, 0.717) is 6.54 Å². The number of rotatable bonds is 5. The fourth-order valence-electron chi connectivity index (χ4n) is 2.86. The first-order valence-electron chi connectivity index (χ1n) is 8.01. The summed E-state index contributed by atoms with van der Waals surface area (Å²) in [6.45, 7) is 5.22. The van der Waals surface area contributed by atoms with Crippen LogP contribution in [0.25, 0.3) is 0 Å². The van der Waals surface area contributed by atoms with E-state index in [1.807, 2.05) is 50.2 Å². The highest BCUT2D eigenvalue weighted by Crippen LogP contribution is 2.27. The van der Waals surface area contributed by atoms with Gasteiger partial charge in [0.2, 0.25) is 5.91 Å². The van der Waals surface area contributed by atoms with Crippen molar-refractivity contribution in [3.63, 3.8) is 0 Å². The van der Waals surface area contributed by atoms with E-state index in [-0.39, 0.29) is 12.0 Å². The van der Waals surface area contributed by atoms with Gasteiger partial charge in [0.05, 0.1) is 12.6 Å². The van der Waals surface area contributed by atoms with E-state index in [2.05, 4.69) is 22.3 Å². The van der Waals surface area contributed by atoms with Crippen molar-refractivity contribution in [3.8, 4) is 5.75 Å². The summed E-state index contributed by atoms with van der Waals surface area (Å²) in [6.07, 6.45) is 1.11. The Morgan fingerprint density at radius 3 is 2.87 bits per heavy atom. The molecule has 1 heterocycles. The van der Waals surface area contributed by atoms with Gasteiger partial charge in [-0.05, 0) is 44.0 Å². The molecule has 0 bridgehead atoms. The monoisotopic (exact) mass is 310 g/mol. The first-order valence-corrected chi connectivity index (χ1v) is 8.01. The lowest BCUT2D eigenvalue weighted by Crippen LogP contribution is -2.31. The van der Waals surface area contributed by atoms with E-state index in [4.69, 9.17) is 4.74 Å². The van der Waals surface area contributed by atoms with Crippen LogP contribution in [0.5, 0.6) is 5.75 Å². The van der Waals surface area contributed by atoms with Gasteiger partial charge in [-0.1, -0.05) is 24.3 Å². The van der Waals surface area contributed by atoms with Gasteiger partial charge in [0.25, 0.3) is 0 Å². The molecule has 4 nitrogen and oxygen atoms in total. The fourth-order valence-corrected chi connectivity index (χ4v) is 2.86. The Bertz CT molecular complexity index is 697. The second-order valence-electron chi connectivity index (χ2n) is 6.04. The Labute approximate surface area is 137 Å². The van der Waals surface area contributed by atoms with Crippen molar-refractivity contribution in [3.05, 3.63) is 54.1 Å². The zero-order chi connectivity index (χ0) is 16.2. The highest BCUT2D eigenvalue weighted by atomic mass is 16.5. The SMILES string of the molecule is CC(C)Oc1cccc(NC(=O)CN2CCc3ccccc32)c1. The third-order valence-electron chi connectivity index (χ3n) is 3.81. The van der Waals surface area contributed by atoms with Gasteiger partial charge in [-0.3, -0.25) is 4.79 Å². The van der Waals surface area contributed by atoms with Crippen molar-refractivity contribution in [1.29, 1.82) is 0 Å². The first kappa shape index (κ1) is 15.4. The number of carbonyl (C=O) groups excluding carboxylic acids is 1. The number of nitrogens with zero attached hydrogens (tertiary/aromatic N) is 1. The van der Waals surface area contributed by atoms with Crippen LogP contribution in [0.4, 0.5) is 11.4 Å². The van der Waals surface area contributed by atoms with E-state index < -0.39 is 0 Å². The van der Waals surface area contributed by atoms with Gasteiger partial charge in [-0.2, -0.15) is 0 Å². The highest BCUT2D eigenvalue weighted by Gasteiger charge is 2.20. The predicted octanol–water partition coefficient (Wildman–Crippen LogP) is 3.48. The lowest BCUT2D eigenvalue weighted by atomic mass is 10.2. The van der Waals surface area contributed by atoms with Gasteiger partial charge in [0.15, 0.2) is 0 Å². The van der Waals surface area contributed by atoms with Crippen LogP contribution in [0.15, 0.2) is 48.5 Å². The van der Waals surface area contributed by atoms with Crippen molar-refractivity contribution in [2.24, 2.45) is 0 Å². The second kappa shape index (κ2) is 6.73. The Balaban J connectivity index is 1.62. The molecule has 0 unspecified atom stereocenters. The molecular formula is C19H22N2O2. The van der Waals surface area contributed by atoms with Crippen LogP contribution < -0.4 is 15.0 Å². The minimum Gasteiger partial charge on any atom is -0.491 e. The van der Waals surface area contributed by atoms with E-state index in [1.54, 1.807) is 0 Å². The molecule has 0 atom stereocenters. The number of para-hydroxylation sites is 1. The van der Waals surface area contributed by atoms with Crippen LogP contribution in [0.3, 0.4) is 0 Å². The largest absolute Gasteiger partial charge is 0.491 e. The molecule has 1 aliphatic heterocycles. The highest BCUT2D eigenvalue weighted by molar-refractivity contribution is 5.94. The quantitative estimate of drug-likeness (QED) is 0.919. The molecule has 0 spiro atoms. The molecule has 1 N–H and O–H groups in total. The standard InChI is InChI=1S/C19H22N2O2/c1-14(2)23-17-8-5-7-16(12-17)20-19(22)13-21-11-10-15-6-3-4-9-18(15)21/h3-9,12,14H,10-11,13H2,1-2H3,(H,20,22). The molecule has 23 heavy (non-hydrogen) atoms.